The Balaban J connectivity index is 1.77. The smallest absolute Gasteiger partial charge is 0.243 e. The van der Waals surface area contributed by atoms with Crippen LogP contribution in [0.5, 0.6) is 0 Å². The molecule has 0 saturated carbocycles. The van der Waals surface area contributed by atoms with E-state index < -0.39 is 10.0 Å². The van der Waals surface area contributed by atoms with E-state index in [1.54, 1.807) is 0 Å². The highest BCUT2D eigenvalue weighted by atomic mass is 32.2. The Bertz CT molecular complexity index is 1060. The van der Waals surface area contributed by atoms with E-state index in [4.69, 9.17) is 4.42 Å². The number of carbonyl (C=O) groups is 1. The van der Waals surface area contributed by atoms with Gasteiger partial charge in [0.1, 0.15) is 12.1 Å². The number of hydrogen-bond donors (Lipinski definition) is 0. The van der Waals surface area contributed by atoms with Crippen LogP contribution in [0.1, 0.15) is 23.0 Å². The summed E-state index contributed by atoms with van der Waals surface area (Å²) in [7, 11) is -2.32. The van der Waals surface area contributed by atoms with Gasteiger partial charge in [0.15, 0.2) is 5.78 Å². The molecule has 0 atom stereocenters. The molecule has 0 spiro atoms. The Labute approximate surface area is 156 Å². The molecule has 27 heavy (non-hydrogen) atoms. The van der Waals surface area contributed by atoms with Crippen LogP contribution < -0.4 is 0 Å². The molecule has 1 aromatic heterocycles. The Kier molecular flexibility index (Phi) is 5.20. The normalized spacial score (nSPS) is 11.7. The zero-order valence-electron chi connectivity index (χ0n) is 14.7. The molecule has 0 saturated heterocycles. The van der Waals surface area contributed by atoms with E-state index in [0.29, 0.717) is 16.8 Å². The van der Waals surface area contributed by atoms with Crippen molar-refractivity contribution in [3.8, 4) is 11.5 Å². The van der Waals surface area contributed by atoms with E-state index in [-0.39, 0.29) is 28.9 Å². The lowest BCUT2D eigenvalue weighted by molar-refractivity contribution is 0.101. The molecule has 3 rings (SSSR count). The summed E-state index contributed by atoms with van der Waals surface area (Å²) < 4.78 is 44.8. The van der Waals surface area contributed by atoms with Crippen molar-refractivity contribution in [3.63, 3.8) is 0 Å². The molecule has 2 aromatic carbocycles. The number of nitrogens with zero attached hydrogens (tertiary/aromatic N) is 2. The summed E-state index contributed by atoms with van der Waals surface area (Å²) in [4.78, 5) is 15.7. The lowest BCUT2D eigenvalue weighted by Gasteiger charge is -2.15. The van der Waals surface area contributed by atoms with Crippen molar-refractivity contribution in [3.05, 3.63) is 71.9 Å². The highest BCUT2D eigenvalue weighted by Gasteiger charge is 2.22. The van der Waals surface area contributed by atoms with Gasteiger partial charge in [0, 0.05) is 18.2 Å². The lowest BCUT2D eigenvalue weighted by atomic mass is 10.2. The van der Waals surface area contributed by atoms with Crippen molar-refractivity contribution in [2.24, 2.45) is 0 Å². The molecule has 0 aliphatic rings. The quantitative estimate of drug-likeness (QED) is 0.604. The van der Waals surface area contributed by atoms with Crippen LogP contribution in [0.4, 0.5) is 4.39 Å². The van der Waals surface area contributed by atoms with Gasteiger partial charge in [0.05, 0.1) is 17.1 Å². The molecule has 140 valence electrons. The topological polar surface area (TPSA) is 80.5 Å². The molecule has 1 heterocycles. The van der Waals surface area contributed by atoms with E-state index in [9.17, 15) is 17.6 Å². The SMILES string of the molecule is CC(=O)c1ccc(S(=O)(=O)N(C)Cc2coc(-c3ccc(F)cc3)n2)cc1. The first-order valence-electron chi connectivity index (χ1n) is 8.05. The van der Waals surface area contributed by atoms with Gasteiger partial charge in [-0.3, -0.25) is 4.79 Å². The van der Waals surface area contributed by atoms with Gasteiger partial charge in [0.2, 0.25) is 15.9 Å². The van der Waals surface area contributed by atoms with Gasteiger partial charge in [-0.15, -0.1) is 0 Å². The second-order valence-corrected chi connectivity index (χ2v) is 8.04. The number of hydrogen-bond acceptors (Lipinski definition) is 5. The van der Waals surface area contributed by atoms with Gasteiger partial charge < -0.3 is 4.42 Å². The summed E-state index contributed by atoms with van der Waals surface area (Å²) in [6.45, 7) is 1.42. The molecular weight excluding hydrogens is 371 g/mol. The van der Waals surface area contributed by atoms with E-state index in [1.807, 2.05) is 0 Å². The minimum atomic E-state index is -3.75. The summed E-state index contributed by atoms with van der Waals surface area (Å²) in [5.41, 5.74) is 1.45. The average Bonchev–Trinajstić information content (AvgIpc) is 3.10. The van der Waals surface area contributed by atoms with Crippen molar-refractivity contribution in [2.45, 2.75) is 18.4 Å². The molecular formula is C19H17FN2O4S. The summed E-state index contributed by atoms with van der Waals surface area (Å²) >= 11 is 0. The van der Waals surface area contributed by atoms with E-state index in [0.717, 1.165) is 4.31 Å². The van der Waals surface area contributed by atoms with Crippen LogP contribution in [0.2, 0.25) is 0 Å². The largest absolute Gasteiger partial charge is 0.444 e. The molecule has 0 bridgehead atoms. The second kappa shape index (κ2) is 7.42. The molecule has 0 N–H and O–H groups in total. The molecule has 0 amide bonds. The Hall–Kier alpha value is -2.84. The second-order valence-electron chi connectivity index (χ2n) is 5.99. The number of halogens is 1. The Morgan fingerprint density at radius 1 is 1.11 bits per heavy atom. The summed E-state index contributed by atoms with van der Waals surface area (Å²) in [6, 6.07) is 11.4. The number of sulfonamides is 1. The monoisotopic (exact) mass is 388 g/mol. The van der Waals surface area contributed by atoms with E-state index >= 15 is 0 Å². The van der Waals surface area contributed by atoms with Gasteiger partial charge in [-0.25, -0.2) is 17.8 Å². The fourth-order valence-corrected chi connectivity index (χ4v) is 3.60. The summed E-state index contributed by atoms with van der Waals surface area (Å²) in [6.07, 6.45) is 1.36. The van der Waals surface area contributed by atoms with Crippen molar-refractivity contribution in [1.29, 1.82) is 0 Å². The molecule has 0 fully saturated rings. The molecule has 0 aliphatic heterocycles. The number of rotatable bonds is 6. The van der Waals surface area contributed by atoms with Crippen LogP contribution in [0, 0.1) is 5.82 Å². The van der Waals surface area contributed by atoms with Gasteiger partial charge in [-0.1, -0.05) is 12.1 Å². The molecule has 8 heteroatoms. The zero-order chi connectivity index (χ0) is 19.6. The standard InChI is InChI=1S/C19H17FN2O4S/c1-13(23)14-5-9-18(10-6-14)27(24,25)22(2)11-17-12-26-19(21-17)15-3-7-16(20)8-4-15/h3-10,12H,11H2,1-2H3. The molecule has 3 aromatic rings. The third-order valence-corrected chi connectivity index (χ3v) is 5.81. The average molecular weight is 388 g/mol. The van der Waals surface area contributed by atoms with Crippen LogP contribution in [0.3, 0.4) is 0 Å². The first-order valence-corrected chi connectivity index (χ1v) is 9.49. The van der Waals surface area contributed by atoms with Crippen molar-refractivity contribution >= 4 is 15.8 Å². The van der Waals surface area contributed by atoms with Crippen LogP contribution >= 0.6 is 0 Å². The van der Waals surface area contributed by atoms with E-state index in [1.165, 1.54) is 68.8 Å². The van der Waals surface area contributed by atoms with Crippen LogP contribution in [0.25, 0.3) is 11.5 Å². The van der Waals surface area contributed by atoms with Crippen LogP contribution in [0.15, 0.2) is 64.1 Å². The number of benzene rings is 2. The summed E-state index contributed by atoms with van der Waals surface area (Å²) in [5, 5.41) is 0. The number of ketones is 1. The van der Waals surface area contributed by atoms with Gasteiger partial charge >= 0.3 is 0 Å². The minimum absolute atomic E-state index is 0.00148. The first kappa shape index (κ1) is 18.9. The minimum Gasteiger partial charge on any atom is -0.444 e. The fourth-order valence-electron chi connectivity index (χ4n) is 2.46. The lowest BCUT2D eigenvalue weighted by Crippen LogP contribution is -2.26. The predicted octanol–water partition coefficient (Wildman–Crippen LogP) is 3.50. The fraction of sp³-hybridized carbons (Fsp3) is 0.158. The van der Waals surface area contributed by atoms with Gasteiger partial charge in [0.25, 0.3) is 0 Å². The zero-order valence-corrected chi connectivity index (χ0v) is 15.5. The highest BCUT2D eigenvalue weighted by Crippen LogP contribution is 2.21. The van der Waals surface area contributed by atoms with Gasteiger partial charge in [-0.2, -0.15) is 4.31 Å². The van der Waals surface area contributed by atoms with Crippen LogP contribution in [-0.2, 0) is 16.6 Å². The maximum absolute atomic E-state index is 13.0. The van der Waals surface area contributed by atoms with Crippen molar-refractivity contribution in [1.82, 2.24) is 9.29 Å². The van der Waals surface area contributed by atoms with Crippen LogP contribution in [-0.4, -0.2) is 30.5 Å². The molecule has 0 aliphatic carbocycles. The van der Waals surface area contributed by atoms with Gasteiger partial charge in [-0.05, 0) is 43.3 Å². The molecule has 0 unspecified atom stereocenters. The summed E-state index contributed by atoms with van der Waals surface area (Å²) in [5.74, 6) is -0.225. The van der Waals surface area contributed by atoms with Crippen molar-refractivity contribution < 1.29 is 22.0 Å². The number of oxazole rings is 1. The maximum atomic E-state index is 13.0. The molecule has 0 radical (unpaired) electrons. The number of aromatic nitrogens is 1. The third-order valence-electron chi connectivity index (χ3n) is 4.00. The first-order chi connectivity index (χ1) is 12.8. The molecule has 6 nitrogen and oxygen atoms in total. The predicted molar refractivity (Wildman–Crippen MR) is 97.0 cm³/mol. The highest BCUT2D eigenvalue weighted by molar-refractivity contribution is 7.89. The van der Waals surface area contributed by atoms with Crippen molar-refractivity contribution in [2.75, 3.05) is 7.05 Å². The Morgan fingerprint density at radius 3 is 2.33 bits per heavy atom. The maximum Gasteiger partial charge on any atom is 0.243 e. The number of carbonyl (C=O) groups excluding carboxylic acids is 1. The third kappa shape index (κ3) is 4.12. The number of Topliss-reactive ketones (excluding diaryl/α,β-unsaturated/α-hetero) is 1. The Morgan fingerprint density at radius 2 is 1.74 bits per heavy atom. The van der Waals surface area contributed by atoms with E-state index in [2.05, 4.69) is 4.98 Å².